The first-order valence-electron chi connectivity index (χ1n) is 5.43. The van der Waals surface area contributed by atoms with Crippen LogP contribution in [0.4, 0.5) is 0 Å². The maximum absolute atomic E-state index is 5.33. The van der Waals surface area contributed by atoms with Crippen molar-refractivity contribution < 1.29 is 9.78 Å². The van der Waals surface area contributed by atoms with Crippen molar-refractivity contribution >= 4 is 0 Å². The molecule has 0 saturated carbocycles. The van der Waals surface area contributed by atoms with E-state index in [4.69, 9.17) is 9.78 Å². The van der Waals surface area contributed by atoms with Crippen LogP contribution in [0.15, 0.2) is 12.1 Å². The molecule has 2 bridgehead atoms. The van der Waals surface area contributed by atoms with E-state index >= 15 is 0 Å². The molecule has 1 heterocycles. The van der Waals surface area contributed by atoms with E-state index < -0.39 is 0 Å². The molecule has 0 radical (unpaired) electrons. The predicted molar refractivity (Wildman–Crippen MR) is 60.5 cm³/mol. The van der Waals surface area contributed by atoms with Crippen LogP contribution in [0.1, 0.15) is 51.7 Å². The van der Waals surface area contributed by atoms with Crippen LogP contribution < -0.4 is 9.78 Å². The van der Waals surface area contributed by atoms with Crippen LogP contribution in [0, 0.1) is 0 Å². The highest BCUT2D eigenvalue weighted by Crippen LogP contribution is 2.46. The van der Waals surface area contributed by atoms with Gasteiger partial charge >= 0.3 is 0 Å². The zero-order valence-electron chi connectivity index (χ0n) is 10.0. The molecule has 2 nitrogen and oxygen atoms in total. The summed E-state index contributed by atoms with van der Waals surface area (Å²) in [5.74, 6) is 2.22. The molecule has 0 spiro atoms. The van der Waals surface area contributed by atoms with Gasteiger partial charge in [0, 0.05) is 11.1 Å². The molecule has 0 fully saturated rings. The Balaban J connectivity index is 2.60. The highest BCUT2D eigenvalue weighted by atomic mass is 17.2. The number of rotatable bonds is 1. The average molecular weight is 206 g/mol. The molecule has 0 amide bonds. The van der Waals surface area contributed by atoms with Gasteiger partial charge in [0.05, 0.1) is 0 Å². The molecule has 0 saturated heterocycles. The summed E-state index contributed by atoms with van der Waals surface area (Å²) in [5, 5.41) is 0. The fourth-order valence-corrected chi connectivity index (χ4v) is 1.97. The van der Waals surface area contributed by atoms with Crippen molar-refractivity contribution in [1.29, 1.82) is 0 Å². The van der Waals surface area contributed by atoms with E-state index in [1.54, 1.807) is 0 Å². The largest absolute Gasteiger partial charge is 0.289 e. The lowest BCUT2D eigenvalue weighted by atomic mass is 9.83. The Morgan fingerprint density at radius 2 is 1.73 bits per heavy atom. The molecule has 2 rings (SSSR count). The van der Waals surface area contributed by atoms with Gasteiger partial charge in [0.1, 0.15) is 0 Å². The van der Waals surface area contributed by atoms with E-state index in [9.17, 15) is 0 Å². The smallest absolute Gasteiger partial charge is 0.189 e. The lowest BCUT2D eigenvalue weighted by Crippen LogP contribution is -2.12. The fraction of sp³-hybridized carbons (Fsp3) is 0.538. The minimum Gasteiger partial charge on any atom is -0.289 e. The molecule has 82 valence electrons. The Bertz CT molecular complexity index is 386. The van der Waals surface area contributed by atoms with Crippen LogP contribution in [0.5, 0.6) is 11.5 Å². The topological polar surface area (TPSA) is 18.5 Å². The summed E-state index contributed by atoms with van der Waals surface area (Å²) in [5.41, 5.74) is 2.50. The molecule has 1 aromatic carbocycles. The normalized spacial score (nSPS) is 14.0. The van der Waals surface area contributed by atoms with Crippen LogP contribution in [0.25, 0.3) is 0 Å². The standard InChI is InChI=1S/C13H18O2/c1-8(2)11-10-7-6-9(13(3,4)5)12(11)15-14-10/h6-8H,1-5H3. The molecule has 2 heteroatoms. The summed E-state index contributed by atoms with van der Waals surface area (Å²) in [6.45, 7) is 10.9. The van der Waals surface area contributed by atoms with Gasteiger partial charge in [-0.1, -0.05) is 40.7 Å². The molecule has 1 aliphatic heterocycles. The molecule has 0 N–H and O–H groups in total. The molecule has 1 aromatic rings. The molecule has 1 aliphatic rings. The van der Waals surface area contributed by atoms with Crippen molar-refractivity contribution in [3.63, 3.8) is 0 Å². The summed E-state index contributed by atoms with van der Waals surface area (Å²) < 4.78 is 0. The maximum Gasteiger partial charge on any atom is 0.189 e. The summed E-state index contributed by atoms with van der Waals surface area (Å²) in [6, 6.07) is 4.11. The molecule has 0 aliphatic carbocycles. The van der Waals surface area contributed by atoms with E-state index in [0.29, 0.717) is 5.92 Å². The minimum atomic E-state index is 0.0885. The quantitative estimate of drug-likeness (QED) is 0.651. The van der Waals surface area contributed by atoms with Crippen LogP contribution in [0.2, 0.25) is 0 Å². The molecule has 0 atom stereocenters. The molecular formula is C13H18O2. The van der Waals surface area contributed by atoms with E-state index in [-0.39, 0.29) is 5.41 Å². The molecular weight excluding hydrogens is 188 g/mol. The van der Waals surface area contributed by atoms with Crippen LogP contribution in [0.3, 0.4) is 0 Å². The van der Waals surface area contributed by atoms with Crippen molar-refractivity contribution in [2.45, 2.75) is 46.0 Å². The first-order chi connectivity index (χ1) is 6.91. The van der Waals surface area contributed by atoms with Crippen LogP contribution in [-0.4, -0.2) is 0 Å². The predicted octanol–water partition coefficient (Wildman–Crippen LogP) is 3.79. The summed E-state index contributed by atoms with van der Waals surface area (Å²) in [6.07, 6.45) is 0. The Hall–Kier alpha value is -1.18. The SMILES string of the molecule is CC(C)c1c2ccc(C(C)(C)C)c1OO2. The Morgan fingerprint density at radius 3 is 2.27 bits per heavy atom. The zero-order chi connectivity index (χ0) is 11.2. The molecule has 15 heavy (non-hydrogen) atoms. The highest BCUT2D eigenvalue weighted by molar-refractivity contribution is 5.55. The second-order valence-corrected chi connectivity index (χ2v) is 5.43. The Kier molecular flexibility index (Phi) is 2.18. The van der Waals surface area contributed by atoms with Crippen molar-refractivity contribution in [1.82, 2.24) is 0 Å². The average Bonchev–Trinajstić information content (AvgIpc) is 2.37. The second kappa shape index (κ2) is 3.16. The van der Waals surface area contributed by atoms with Crippen molar-refractivity contribution in [2.24, 2.45) is 0 Å². The highest BCUT2D eigenvalue weighted by Gasteiger charge is 2.30. The van der Waals surface area contributed by atoms with Gasteiger partial charge in [0.2, 0.25) is 0 Å². The van der Waals surface area contributed by atoms with Gasteiger partial charge < -0.3 is 0 Å². The van der Waals surface area contributed by atoms with Crippen LogP contribution >= 0.6 is 0 Å². The van der Waals surface area contributed by atoms with Crippen molar-refractivity contribution in [3.8, 4) is 11.5 Å². The third-order valence-electron chi connectivity index (χ3n) is 2.76. The number of fused-ring (bicyclic) bond motifs is 2. The summed E-state index contributed by atoms with van der Waals surface area (Å²) in [4.78, 5) is 10.5. The maximum atomic E-state index is 5.33. The number of hydrogen-bond donors (Lipinski definition) is 0. The van der Waals surface area contributed by atoms with Gasteiger partial charge in [-0.25, -0.2) is 0 Å². The lowest BCUT2D eigenvalue weighted by molar-refractivity contribution is -0.0858. The van der Waals surface area contributed by atoms with Gasteiger partial charge in [0.25, 0.3) is 0 Å². The minimum absolute atomic E-state index is 0.0885. The van der Waals surface area contributed by atoms with Crippen LogP contribution in [-0.2, 0) is 5.41 Å². The van der Waals surface area contributed by atoms with Crippen molar-refractivity contribution in [3.05, 3.63) is 23.3 Å². The molecule has 0 aromatic heterocycles. The molecule has 0 unspecified atom stereocenters. The third-order valence-corrected chi connectivity index (χ3v) is 2.76. The van der Waals surface area contributed by atoms with Crippen molar-refractivity contribution in [2.75, 3.05) is 0 Å². The fourth-order valence-electron chi connectivity index (χ4n) is 1.97. The first kappa shape index (κ1) is 10.3. The monoisotopic (exact) mass is 206 g/mol. The van der Waals surface area contributed by atoms with E-state index in [0.717, 1.165) is 11.5 Å². The summed E-state index contributed by atoms with van der Waals surface area (Å²) in [7, 11) is 0. The zero-order valence-corrected chi connectivity index (χ0v) is 10.0. The van der Waals surface area contributed by atoms with E-state index in [1.807, 2.05) is 6.07 Å². The van der Waals surface area contributed by atoms with Gasteiger partial charge in [-0.2, -0.15) is 0 Å². The van der Waals surface area contributed by atoms with E-state index in [1.165, 1.54) is 11.1 Å². The summed E-state index contributed by atoms with van der Waals surface area (Å²) >= 11 is 0. The van der Waals surface area contributed by atoms with Gasteiger partial charge in [-0.05, 0) is 17.4 Å². The van der Waals surface area contributed by atoms with Gasteiger partial charge in [0.15, 0.2) is 11.5 Å². The van der Waals surface area contributed by atoms with Gasteiger partial charge in [-0.3, -0.25) is 9.78 Å². The lowest BCUT2D eigenvalue weighted by Gasteiger charge is -2.20. The second-order valence-electron chi connectivity index (χ2n) is 5.43. The number of benzene rings is 1. The Labute approximate surface area is 91.1 Å². The first-order valence-corrected chi connectivity index (χ1v) is 5.43. The third kappa shape index (κ3) is 1.58. The van der Waals surface area contributed by atoms with E-state index in [2.05, 4.69) is 40.7 Å². The Morgan fingerprint density at radius 1 is 1.07 bits per heavy atom. The van der Waals surface area contributed by atoms with Gasteiger partial charge in [-0.15, -0.1) is 0 Å². The number of hydrogen-bond acceptors (Lipinski definition) is 2.